The van der Waals surface area contributed by atoms with Crippen LogP contribution in [0.15, 0.2) is 23.8 Å². The van der Waals surface area contributed by atoms with E-state index in [0.29, 0.717) is 18.8 Å². The number of ketones is 2. The van der Waals surface area contributed by atoms with Gasteiger partial charge in [-0.2, -0.15) is 0 Å². The number of hydrogen-bond acceptors (Lipinski definition) is 2. The third kappa shape index (κ3) is 0.933. The van der Waals surface area contributed by atoms with Crippen LogP contribution in [-0.2, 0) is 9.59 Å². The molecule has 16 heavy (non-hydrogen) atoms. The molecule has 2 saturated carbocycles. The van der Waals surface area contributed by atoms with Gasteiger partial charge in [0.1, 0.15) is 5.78 Å². The van der Waals surface area contributed by atoms with Gasteiger partial charge in [-0.3, -0.25) is 9.59 Å². The van der Waals surface area contributed by atoms with Crippen molar-refractivity contribution >= 4 is 11.6 Å². The zero-order valence-corrected chi connectivity index (χ0v) is 9.58. The van der Waals surface area contributed by atoms with E-state index in [1.807, 2.05) is 0 Å². The van der Waals surface area contributed by atoms with E-state index in [4.69, 9.17) is 0 Å². The monoisotopic (exact) mass is 216 g/mol. The Morgan fingerprint density at radius 3 is 3.00 bits per heavy atom. The first kappa shape index (κ1) is 10.0. The largest absolute Gasteiger partial charge is 0.299 e. The smallest absolute Gasteiger partial charge is 0.151 e. The highest BCUT2D eigenvalue weighted by Crippen LogP contribution is 2.61. The molecular weight excluding hydrogens is 200 g/mol. The minimum atomic E-state index is -0.695. The van der Waals surface area contributed by atoms with Crippen molar-refractivity contribution in [1.82, 2.24) is 0 Å². The molecule has 4 bridgehead atoms. The Kier molecular flexibility index (Phi) is 1.84. The van der Waals surface area contributed by atoms with Crippen molar-refractivity contribution in [2.75, 3.05) is 0 Å². The molecule has 3 rings (SSSR count). The Bertz CT molecular complexity index is 444. The van der Waals surface area contributed by atoms with Gasteiger partial charge in [0.25, 0.3) is 0 Å². The molecule has 3 aliphatic carbocycles. The normalized spacial score (nSPS) is 40.9. The maximum atomic E-state index is 12.3. The predicted octanol–water partition coefficient (Wildman–Crippen LogP) is 2.45. The summed E-state index contributed by atoms with van der Waals surface area (Å²) in [5, 5.41) is 0. The van der Waals surface area contributed by atoms with Gasteiger partial charge >= 0.3 is 0 Å². The van der Waals surface area contributed by atoms with Crippen LogP contribution in [0.4, 0.5) is 0 Å². The molecule has 0 spiro atoms. The van der Waals surface area contributed by atoms with Gasteiger partial charge < -0.3 is 0 Å². The van der Waals surface area contributed by atoms with Crippen molar-refractivity contribution in [3.8, 4) is 0 Å². The second kappa shape index (κ2) is 2.93. The Morgan fingerprint density at radius 1 is 1.56 bits per heavy atom. The molecule has 2 fully saturated rings. The summed E-state index contributed by atoms with van der Waals surface area (Å²) in [6, 6.07) is 0. The van der Waals surface area contributed by atoms with Gasteiger partial charge in [0.05, 0.1) is 5.41 Å². The zero-order chi connectivity index (χ0) is 11.5. The van der Waals surface area contributed by atoms with Crippen molar-refractivity contribution in [2.45, 2.75) is 32.6 Å². The summed E-state index contributed by atoms with van der Waals surface area (Å²) in [6.07, 6.45) is 5.28. The summed E-state index contributed by atoms with van der Waals surface area (Å²) in [5.74, 6) is 0.757. The number of Topliss-reactive ketones (excluding diaryl/α,β-unsaturated/α-hetero) is 2. The van der Waals surface area contributed by atoms with Crippen LogP contribution in [0, 0.1) is 17.3 Å². The first-order valence-corrected chi connectivity index (χ1v) is 5.98. The van der Waals surface area contributed by atoms with E-state index < -0.39 is 5.41 Å². The molecule has 0 N–H and O–H groups in total. The quantitative estimate of drug-likeness (QED) is 0.498. The third-order valence-corrected chi connectivity index (χ3v) is 4.76. The molecule has 0 aromatic heterocycles. The highest BCUT2D eigenvalue weighted by Gasteiger charge is 2.61. The van der Waals surface area contributed by atoms with Crippen LogP contribution < -0.4 is 0 Å². The first-order valence-electron chi connectivity index (χ1n) is 5.98. The molecule has 0 heterocycles. The topological polar surface area (TPSA) is 34.1 Å². The van der Waals surface area contributed by atoms with Crippen LogP contribution in [0.25, 0.3) is 0 Å². The number of rotatable bonds is 1. The molecule has 0 unspecified atom stereocenters. The predicted molar refractivity (Wildman–Crippen MR) is 60.8 cm³/mol. The standard InChI is InChI=1S/C14H16O2/c1-8-7-14(9(2)15)11-5-3-4-10(13(8)11)6-12(14)16/h4,11,13H,1,3,5-7H2,2H3/t11-,13+,14-/m1/s1. The second-order valence-corrected chi connectivity index (χ2v) is 5.40. The second-order valence-electron chi connectivity index (χ2n) is 5.40. The van der Waals surface area contributed by atoms with Crippen molar-refractivity contribution < 1.29 is 9.59 Å². The fraction of sp³-hybridized carbons (Fsp3) is 0.571. The Hall–Kier alpha value is -1.18. The number of allylic oxidation sites excluding steroid dienone is 3. The molecule has 0 aliphatic heterocycles. The summed E-state index contributed by atoms with van der Waals surface area (Å²) in [6.45, 7) is 5.68. The summed E-state index contributed by atoms with van der Waals surface area (Å²) < 4.78 is 0. The molecule has 84 valence electrons. The highest BCUT2D eigenvalue weighted by atomic mass is 16.2. The fourth-order valence-electron chi connectivity index (χ4n) is 4.09. The van der Waals surface area contributed by atoms with Gasteiger partial charge in [0.15, 0.2) is 5.78 Å². The lowest BCUT2D eigenvalue weighted by atomic mass is 9.59. The van der Waals surface area contributed by atoms with Gasteiger partial charge in [0.2, 0.25) is 0 Å². The molecular formula is C14H16O2. The summed E-state index contributed by atoms with van der Waals surface area (Å²) in [5.41, 5.74) is 1.65. The molecule has 3 atom stereocenters. The summed E-state index contributed by atoms with van der Waals surface area (Å²) >= 11 is 0. The first-order chi connectivity index (χ1) is 7.57. The van der Waals surface area contributed by atoms with Crippen LogP contribution in [0.1, 0.15) is 32.6 Å². The minimum absolute atomic E-state index is 0.0621. The van der Waals surface area contributed by atoms with E-state index in [0.717, 1.165) is 18.4 Å². The SMILES string of the molecule is C=C1C[C@]2(C(C)=O)C(=O)CC3=CCC[C@@H]2[C@@H]13. The van der Waals surface area contributed by atoms with Crippen molar-refractivity contribution in [3.63, 3.8) is 0 Å². The van der Waals surface area contributed by atoms with E-state index in [1.54, 1.807) is 6.92 Å². The lowest BCUT2D eigenvalue weighted by Crippen LogP contribution is -2.47. The number of hydrogen-bond donors (Lipinski definition) is 0. The summed E-state index contributed by atoms with van der Waals surface area (Å²) in [4.78, 5) is 24.2. The zero-order valence-electron chi connectivity index (χ0n) is 9.58. The molecule has 0 aromatic rings. The Morgan fingerprint density at radius 2 is 2.31 bits per heavy atom. The lowest BCUT2D eigenvalue weighted by Gasteiger charge is -2.41. The van der Waals surface area contributed by atoms with Crippen LogP contribution in [-0.4, -0.2) is 11.6 Å². The molecule has 0 radical (unpaired) electrons. The van der Waals surface area contributed by atoms with Gasteiger partial charge in [0, 0.05) is 12.3 Å². The van der Waals surface area contributed by atoms with Crippen molar-refractivity contribution in [3.05, 3.63) is 23.8 Å². The van der Waals surface area contributed by atoms with Gasteiger partial charge in [-0.05, 0) is 32.1 Å². The Balaban J connectivity index is 2.21. The Labute approximate surface area is 95.4 Å². The van der Waals surface area contributed by atoms with E-state index in [-0.39, 0.29) is 17.5 Å². The number of carbonyl (C=O) groups is 2. The van der Waals surface area contributed by atoms with Crippen LogP contribution in [0.3, 0.4) is 0 Å². The van der Waals surface area contributed by atoms with E-state index in [1.165, 1.54) is 5.57 Å². The van der Waals surface area contributed by atoms with Crippen LogP contribution in [0.2, 0.25) is 0 Å². The van der Waals surface area contributed by atoms with Gasteiger partial charge in [-0.1, -0.05) is 23.8 Å². The van der Waals surface area contributed by atoms with Crippen LogP contribution >= 0.6 is 0 Å². The van der Waals surface area contributed by atoms with Gasteiger partial charge in [-0.25, -0.2) is 0 Å². The van der Waals surface area contributed by atoms with Crippen molar-refractivity contribution in [2.24, 2.45) is 17.3 Å². The summed E-state index contributed by atoms with van der Waals surface area (Å²) in [7, 11) is 0. The molecule has 0 amide bonds. The molecule has 2 heteroatoms. The maximum absolute atomic E-state index is 12.3. The maximum Gasteiger partial charge on any atom is 0.151 e. The number of carbonyl (C=O) groups excluding carboxylic acids is 2. The average molecular weight is 216 g/mol. The molecule has 0 saturated heterocycles. The van der Waals surface area contributed by atoms with E-state index >= 15 is 0 Å². The molecule has 2 nitrogen and oxygen atoms in total. The minimum Gasteiger partial charge on any atom is -0.299 e. The highest BCUT2D eigenvalue weighted by molar-refractivity contribution is 6.09. The lowest BCUT2D eigenvalue weighted by molar-refractivity contribution is -0.144. The molecule has 0 aromatic carbocycles. The van der Waals surface area contributed by atoms with Crippen LogP contribution in [0.5, 0.6) is 0 Å². The van der Waals surface area contributed by atoms with Crippen molar-refractivity contribution in [1.29, 1.82) is 0 Å². The average Bonchev–Trinajstić information content (AvgIpc) is 2.47. The molecule has 3 aliphatic rings. The third-order valence-electron chi connectivity index (χ3n) is 4.76. The van der Waals surface area contributed by atoms with Gasteiger partial charge in [-0.15, -0.1) is 0 Å². The fourth-order valence-corrected chi connectivity index (χ4v) is 4.09. The van der Waals surface area contributed by atoms with E-state index in [9.17, 15) is 9.59 Å². The van der Waals surface area contributed by atoms with E-state index in [2.05, 4.69) is 12.7 Å².